The van der Waals surface area contributed by atoms with Crippen molar-refractivity contribution in [3.63, 3.8) is 0 Å². The van der Waals surface area contributed by atoms with Gasteiger partial charge in [-0.1, -0.05) is 115 Å². The van der Waals surface area contributed by atoms with E-state index in [1.165, 1.54) is 79.8 Å². The largest absolute Gasteiger partial charge is 0.307 e. The molecule has 244 valence electrons. The van der Waals surface area contributed by atoms with E-state index >= 15 is 0 Å². The van der Waals surface area contributed by atoms with Crippen molar-refractivity contribution in [2.24, 2.45) is 0 Å². The van der Waals surface area contributed by atoms with Gasteiger partial charge in [0.2, 0.25) is 5.95 Å². The maximum Gasteiger partial charge on any atom is 0.235 e. The van der Waals surface area contributed by atoms with Crippen molar-refractivity contribution in [1.29, 1.82) is 0 Å². The third-order valence-electron chi connectivity index (χ3n) is 11.4. The molecule has 53 heavy (non-hydrogen) atoms. The van der Waals surface area contributed by atoms with E-state index in [9.17, 15) is 0 Å². The number of aromatic nitrogens is 4. The third kappa shape index (κ3) is 3.54. The maximum atomic E-state index is 5.48. The van der Waals surface area contributed by atoms with Gasteiger partial charge in [0.15, 0.2) is 0 Å². The van der Waals surface area contributed by atoms with Crippen LogP contribution in [0.1, 0.15) is 0 Å². The molecular formula is C48H26N4S. The van der Waals surface area contributed by atoms with Gasteiger partial charge in [0.25, 0.3) is 0 Å². The molecule has 13 aromatic rings. The van der Waals surface area contributed by atoms with Crippen LogP contribution in [0.3, 0.4) is 0 Å². The topological polar surface area (TPSA) is 35.1 Å². The number of hydrogen-bond donors (Lipinski definition) is 0. The van der Waals surface area contributed by atoms with Gasteiger partial charge in [0.05, 0.1) is 38.8 Å². The summed E-state index contributed by atoms with van der Waals surface area (Å²) < 4.78 is 7.38. The number of fused-ring (bicyclic) bond motifs is 16. The van der Waals surface area contributed by atoms with Crippen molar-refractivity contribution in [1.82, 2.24) is 18.9 Å². The first-order valence-electron chi connectivity index (χ1n) is 18.0. The zero-order valence-corrected chi connectivity index (χ0v) is 29.0. The smallest absolute Gasteiger partial charge is 0.235 e. The van der Waals surface area contributed by atoms with Gasteiger partial charge < -0.3 is 4.40 Å². The van der Waals surface area contributed by atoms with E-state index in [0.717, 1.165) is 33.2 Å². The minimum Gasteiger partial charge on any atom is -0.307 e. The Morgan fingerprint density at radius 2 is 1.09 bits per heavy atom. The highest BCUT2D eigenvalue weighted by Crippen LogP contribution is 2.45. The Hall–Kier alpha value is -6.82. The van der Waals surface area contributed by atoms with E-state index in [4.69, 9.17) is 9.97 Å². The van der Waals surface area contributed by atoms with Gasteiger partial charge in [-0.3, -0.25) is 4.57 Å². The lowest BCUT2D eigenvalue weighted by molar-refractivity contribution is 1.01. The van der Waals surface area contributed by atoms with Crippen molar-refractivity contribution >= 4 is 113 Å². The molecule has 5 heteroatoms. The second-order valence-corrected chi connectivity index (χ2v) is 15.2. The second kappa shape index (κ2) is 9.94. The number of nitrogens with zero attached hydrogens (tertiary/aromatic N) is 4. The lowest BCUT2D eigenvalue weighted by Crippen LogP contribution is -2.03. The molecule has 0 aliphatic carbocycles. The average Bonchev–Trinajstić information content (AvgIpc) is 3.96. The van der Waals surface area contributed by atoms with Gasteiger partial charge in [0.1, 0.15) is 0 Å². The summed E-state index contributed by atoms with van der Waals surface area (Å²) >= 11 is 1.84. The molecule has 0 unspecified atom stereocenters. The van der Waals surface area contributed by atoms with Crippen LogP contribution in [0.4, 0.5) is 0 Å². The predicted molar refractivity (Wildman–Crippen MR) is 224 cm³/mol. The summed E-state index contributed by atoms with van der Waals surface area (Å²) in [6.07, 6.45) is 0. The number of hydrogen-bond acceptors (Lipinski definition) is 3. The number of benzene rings is 8. The summed E-state index contributed by atoms with van der Waals surface area (Å²) in [4.78, 5) is 10.8. The van der Waals surface area contributed by atoms with Gasteiger partial charge in [-0.15, -0.1) is 11.3 Å². The standard InChI is InChI=1S/C48H26N4S/c1-5-16-37-34(12-1)45(28-22-25-42-36(26-28)30-11-4-8-19-41(30)53-42)50-48(49-37)51-39-18-7-3-13-35(39)44-40(51)24-21-27-20-23-33-32-15-9-14-31-29-10-2-6-17-38(29)52(46(31)32)47(33)43(27)44/h1-26H. The molecule has 0 atom stereocenters. The summed E-state index contributed by atoms with van der Waals surface area (Å²) in [6.45, 7) is 0. The van der Waals surface area contributed by atoms with Crippen LogP contribution in [0, 0.1) is 0 Å². The Labute approximate surface area is 305 Å². The normalized spacial score (nSPS) is 12.5. The van der Waals surface area contributed by atoms with Crippen molar-refractivity contribution in [2.75, 3.05) is 0 Å². The quantitative estimate of drug-likeness (QED) is 0.181. The van der Waals surface area contributed by atoms with E-state index in [-0.39, 0.29) is 0 Å². The van der Waals surface area contributed by atoms with Gasteiger partial charge in [0, 0.05) is 68.8 Å². The van der Waals surface area contributed by atoms with Crippen LogP contribution in [0.2, 0.25) is 0 Å². The Morgan fingerprint density at radius 3 is 2.00 bits per heavy atom. The van der Waals surface area contributed by atoms with Gasteiger partial charge in [-0.25, -0.2) is 9.97 Å². The Balaban J connectivity index is 1.17. The van der Waals surface area contributed by atoms with E-state index in [1.54, 1.807) is 0 Å². The summed E-state index contributed by atoms with van der Waals surface area (Å²) in [7, 11) is 0. The van der Waals surface area contributed by atoms with Crippen molar-refractivity contribution in [2.45, 2.75) is 0 Å². The molecule has 5 heterocycles. The molecule has 0 saturated heterocycles. The van der Waals surface area contributed by atoms with Crippen LogP contribution >= 0.6 is 11.3 Å². The number of rotatable bonds is 2. The van der Waals surface area contributed by atoms with Crippen molar-refractivity contribution in [3.05, 3.63) is 158 Å². The molecule has 8 aromatic carbocycles. The van der Waals surface area contributed by atoms with Crippen molar-refractivity contribution < 1.29 is 0 Å². The average molecular weight is 691 g/mol. The fourth-order valence-electron chi connectivity index (χ4n) is 9.25. The zero-order valence-electron chi connectivity index (χ0n) is 28.2. The van der Waals surface area contributed by atoms with Crippen LogP contribution in [0.15, 0.2) is 158 Å². The monoisotopic (exact) mass is 690 g/mol. The second-order valence-electron chi connectivity index (χ2n) is 14.1. The minimum absolute atomic E-state index is 0.671. The predicted octanol–water partition coefficient (Wildman–Crippen LogP) is 13.1. The summed E-state index contributed by atoms with van der Waals surface area (Å²) in [6, 6.07) is 57.3. The number of para-hydroxylation sites is 4. The Kier molecular flexibility index (Phi) is 5.22. The molecular weight excluding hydrogens is 665 g/mol. The van der Waals surface area contributed by atoms with E-state index in [1.807, 2.05) is 11.3 Å². The van der Waals surface area contributed by atoms with Crippen LogP contribution < -0.4 is 0 Å². The molecule has 0 aliphatic heterocycles. The van der Waals surface area contributed by atoms with E-state index in [2.05, 4.69) is 167 Å². The zero-order chi connectivity index (χ0) is 34.4. The molecule has 0 spiro atoms. The Bertz CT molecular complexity index is 3700. The molecule has 0 fully saturated rings. The number of thiophene rings is 1. The molecule has 0 N–H and O–H groups in total. The fourth-order valence-corrected chi connectivity index (χ4v) is 10.3. The first kappa shape index (κ1) is 27.8. The lowest BCUT2D eigenvalue weighted by atomic mass is 10.00. The molecule has 0 amide bonds. The summed E-state index contributed by atoms with van der Waals surface area (Å²) in [5.41, 5.74) is 8.90. The van der Waals surface area contributed by atoms with Crippen LogP contribution in [-0.4, -0.2) is 18.9 Å². The van der Waals surface area contributed by atoms with Gasteiger partial charge in [-0.05, 0) is 47.9 Å². The van der Waals surface area contributed by atoms with E-state index < -0.39 is 0 Å². The molecule has 5 aromatic heterocycles. The van der Waals surface area contributed by atoms with Gasteiger partial charge >= 0.3 is 0 Å². The highest BCUT2D eigenvalue weighted by Gasteiger charge is 2.23. The first-order chi connectivity index (χ1) is 26.3. The molecule has 0 saturated carbocycles. The fraction of sp³-hybridized carbons (Fsp3) is 0. The van der Waals surface area contributed by atoms with Gasteiger partial charge in [-0.2, -0.15) is 0 Å². The molecule has 0 bridgehead atoms. The Morgan fingerprint density at radius 1 is 0.415 bits per heavy atom. The first-order valence-corrected chi connectivity index (χ1v) is 18.8. The highest BCUT2D eigenvalue weighted by atomic mass is 32.1. The maximum absolute atomic E-state index is 5.48. The van der Waals surface area contributed by atoms with Crippen LogP contribution in [-0.2, 0) is 0 Å². The van der Waals surface area contributed by atoms with E-state index in [0.29, 0.717) is 5.95 Å². The SMILES string of the molecule is c1ccc2c(-c3ccc4sc5ccccc5c4c3)nc(-n3c4ccccc4c4c5c(ccc6c7cccc8c9ccccc9n(c87)c65)ccc43)nc2c1. The lowest BCUT2D eigenvalue weighted by Gasteiger charge is -2.12. The summed E-state index contributed by atoms with van der Waals surface area (Å²) in [5, 5.41) is 13.6. The molecule has 4 nitrogen and oxygen atoms in total. The molecule has 0 radical (unpaired) electrons. The highest BCUT2D eigenvalue weighted by molar-refractivity contribution is 7.25. The molecule has 0 aliphatic rings. The van der Waals surface area contributed by atoms with Crippen LogP contribution in [0.5, 0.6) is 0 Å². The molecule has 13 rings (SSSR count). The minimum atomic E-state index is 0.671. The third-order valence-corrected chi connectivity index (χ3v) is 12.6. The van der Waals surface area contributed by atoms with Crippen LogP contribution in [0.25, 0.3) is 119 Å². The van der Waals surface area contributed by atoms with Crippen molar-refractivity contribution in [3.8, 4) is 17.2 Å². The summed E-state index contributed by atoms with van der Waals surface area (Å²) in [5.74, 6) is 0.671.